The number of thioether (sulfide) groups is 1. The summed E-state index contributed by atoms with van der Waals surface area (Å²) in [4.78, 5) is 7.12. The first-order chi connectivity index (χ1) is 9.81. The zero-order valence-corrected chi connectivity index (χ0v) is 13.2. The van der Waals surface area contributed by atoms with Crippen LogP contribution >= 0.6 is 23.1 Å². The van der Waals surface area contributed by atoms with Crippen molar-refractivity contribution in [3.8, 4) is 5.75 Å². The van der Waals surface area contributed by atoms with Gasteiger partial charge in [0.2, 0.25) is 0 Å². The van der Waals surface area contributed by atoms with Gasteiger partial charge in [-0.1, -0.05) is 11.8 Å². The largest absolute Gasteiger partial charge is 0.492 e. The van der Waals surface area contributed by atoms with Crippen molar-refractivity contribution in [2.75, 3.05) is 26.0 Å². The second-order valence-corrected chi connectivity index (χ2v) is 7.76. The Morgan fingerprint density at radius 3 is 3.15 bits per heavy atom. The molecule has 2 aromatic rings. The SMILES string of the molecule is CSc1nc2cc(OCC3CN3CC3CC3)ccc2s1. The second kappa shape index (κ2) is 5.20. The zero-order chi connectivity index (χ0) is 13.5. The van der Waals surface area contributed by atoms with Crippen molar-refractivity contribution < 1.29 is 4.74 Å². The molecule has 1 saturated heterocycles. The van der Waals surface area contributed by atoms with Crippen LogP contribution in [0.2, 0.25) is 0 Å². The normalized spacial score (nSPS) is 25.1. The minimum atomic E-state index is 0.642. The summed E-state index contributed by atoms with van der Waals surface area (Å²) >= 11 is 3.45. The molecule has 2 fully saturated rings. The van der Waals surface area contributed by atoms with E-state index in [1.165, 1.54) is 30.6 Å². The summed E-state index contributed by atoms with van der Waals surface area (Å²) < 4.78 is 8.29. The number of aromatic nitrogens is 1. The summed E-state index contributed by atoms with van der Waals surface area (Å²) in [6.07, 6.45) is 4.93. The van der Waals surface area contributed by atoms with Gasteiger partial charge in [0.1, 0.15) is 12.4 Å². The van der Waals surface area contributed by atoms with Gasteiger partial charge in [0.15, 0.2) is 4.34 Å². The molecule has 1 aromatic heterocycles. The van der Waals surface area contributed by atoms with Crippen molar-refractivity contribution in [3.05, 3.63) is 18.2 Å². The number of hydrogen-bond donors (Lipinski definition) is 0. The lowest BCUT2D eigenvalue weighted by molar-refractivity contribution is 0.292. The summed E-state index contributed by atoms with van der Waals surface area (Å²) in [5.41, 5.74) is 1.06. The predicted molar refractivity (Wildman–Crippen MR) is 85.0 cm³/mol. The molecule has 2 unspecified atom stereocenters. The number of fused-ring (bicyclic) bond motifs is 1. The molecule has 4 rings (SSSR count). The molecule has 0 spiro atoms. The number of hydrogen-bond acceptors (Lipinski definition) is 5. The van der Waals surface area contributed by atoms with Crippen molar-refractivity contribution >= 4 is 33.3 Å². The molecular weight excluding hydrogens is 288 g/mol. The van der Waals surface area contributed by atoms with Crippen LogP contribution in [0.3, 0.4) is 0 Å². The first-order valence-corrected chi connectivity index (χ1v) is 9.17. The van der Waals surface area contributed by atoms with Crippen LogP contribution in [0, 0.1) is 5.92 Å². The van der Waals surface area contributed by atoms with Crippen LogP contribution in [-0.4, -0.2) is 41.9 Å². The van der Waals surface area contributed by atoms with Crippen molar-refractivity contribution in [2.45, 2.75) is 23.2 Å². The van der Waals surface area contributed by atoms with Gasteiger partial charge in [0.05, 0.1) is 16.3 Å². The monoisotopic (exact) mass is 306 g/mol. The smallest absolute Gasteiger partial charge is 0.150 e. The van der Waals surface area contributed by atoms with E-state index >= 15 is 0 Å². The van der Waals surface area contributed by atoms with Gasteiger partial charge in [-0.05, 0) is 37.1 Å². The Hall–Kier alpha value is -0.780. The Balaban J connectivity index is 1.36. The average molecular weight is 306 g/mol. The van der Waals surface area contributed by atoms with Crippen LogP contribution in [0.15, 0.2) is 22.5 Å². The third-order valence-corrected chi connectivity index (χ3v) is 6.00. The maximum absolute atomic E-state index is 5.93. The van der Waals surface area contributed by atoms with Crippen molar-refractivity contribution in [3.63, 3.8) is 0 Å². The predicted octanol–water partition coefficient (Wildman–Crippen LogP) is 3.49. The van der Waals surface area contributed by atoms with Gasteiger partial charge in [-0.2, -0.15) is 0 Å². The van der Waals surface area contributed by atoms with Gasteiger partial charge in [0.25, 0.3) is 0 Å². The lowest BCUT2D eigenvalue weighted by Gasteiger charge is -2.06. The lowest BCUT2D eigenvalue weighted by atomic mass is 10.3. The van der Waals surface area contributed by atoms with Crippen LogP contribution in [-0.2, 0) is 0 Å². The highest BCUT2D eigenvalue weighted by molar-refractivity contribution is 8.00. The molecule has 1 aliphatic carbocycles. The first-order valence-electron chi connectivity index (χ1n) is 7.13. The second-order valence-electron chi connectivity index (χ2n) is 5.68. The topological polar surface area (TPSA) is 25.1 Å². The average Bonchev–Trinajstić information content (AvgIpc) is 3.37. The van der Waals surface area contributed by atoms with E-state index in [0.717, 1.165) is 28.1 Å². The molecule has 3 nitrogen and oxygen atoms in total. The standard InChI is InChI=1S/C15H18N2OS2/c1-19-15-16-13-6-12(4-5-14(13)20-15)18-9-11-8-17(11)7-10-2-3-10/h4-6,10-11H,2-3,7-9H2,1H3. The third-order valence-electron chi connectivity index (χ3n) is 3.97. The molecule has 2 atom stereocenters. The zero-order valence-electron chi connectivity index (χ0n) is 11.5. The number of benzene rings is 1. The van der Waals surface area contributed by atoms with Gasteiger partial charge < -0.3 is 4.74 Å². The molecule has 0 radical (unpaired) electrons. The molecule has 2 aliphatic rings. The van der Waals surface area contributed by atoms with Gasteiger partial charge in [-0.3, -0.25) is 4.90 Å². The molecule has 0 amide bonds. The number of ether oxygens (including phenoxy) is 1. The van der Waals surface area contributed by atoms with Crippen LogP contribution in [0.1, 0.15) is 12.8 Å². The molecule has 0 bridgehead atoms. The maximum Gasteiger partial charge on any atom is 0.150 e. The fraction of sp³-hybridized carbons (Fsp3) is 0.533. The Morgan fingerprint density at radius 2 is 2.35 bits per heavy atom. The molecule has 5 heteroatoms. The fourth-order valence-corrected chi connectivity index (χ4v) is 3.96. The lowest BCUT2D eigenvalue weighted by Crippen LogP contribution is -2.12. The van der Waals surface area contributed by atoms with Crippen molar-refractivity contribution in [1.29, 1.82) is 0 Å². The molecule has 1 saturated carbocycles. The van der Waals surface area contributed by atoms with E-state index in [0.29, 0.717) is 6.04 Å². The highest BCUT2D eigenvalue weighted by Crippen LogP contribution is 2.34. The molecular formula is C15H18N2OS2. The number of rotatable bonds is 6. The maximum atomic E-state index is 5.93. The van der Waals surface area contributed by atoms with E-state index in [2.05, 4.69) is 34.3 Å². The molecule has 0 N–H and O–H groups in total. The summed E-state index contributed by atoms with van der Waals surface area (Å²) in [5, 5.41) is 0. The van der Waals surface area contributed by atoms with E-state index in [1.807, 2.05) is 0 Å². The number of nitrogens with zero attached hydrogens (tertiary/aromatic N) is 2. The molecule has 1 aliphatic heterocycles. The fourth-order valence-electron chi connectivity index (χ4n) is 2.49. The van der Waals surface area contributed by atoms with Crippen molar-refractivity contribution in [1.82, 2.24) is 9.88 Å². The summed E-state index contributed by atoms with van der Waals surface area (Å²) in [6, 6.07) is 6.90. The van der Waals surface area contributed by atoms with Crippen LogP contribution in [0.5, 0.6) is 5.75 Å². The van der Waals surface area contributed by atoms with Gasteiger partial charge in [-0.15, -0.1) is 11.3 Å². The summed E-state index contributed by atoms with van der Waals surface area (Å²) in [6.45, 7) is 3.32. The number of thiazole rings is 1. The van der Waals surface area contributed by atoms with Gasteiger partial charge >= 0.3 is 0 Å². The van der Waals surface area contributed by atoms with Gasteiger partial charge in [0, 0.05) is 19.2 Å². The van der Waals surface area contributed by atoms with E-state index in [9.17, 15) is 0 Å². The van der Waals surface area contributed by atoms with Crippen molar-refractivity contribution in [2.24, 2.45) is 5.92 Å². The highest BCUT2D eigenvalue weighted by Gasteiger charge is 2.38. The molecule has 106 valence electrons. The van der Waals surface area contributed by atoms with E-state index in [-0.39, 0.29) is 0 Å². The van der Waals surface area contributed by atoms with Crippen LogP contribution < -0.4 is 4.74 Å². The summed E-state index contributed by atoms with van der Waals surface area (Å²) in [7, 11) is 0. The van der Waals surface area contributed by atoms with Crippen LogP contribution in [0.4, 0.5) is 0 Å². The molecule has 2 heterocycles. The third kappa shape index (κ3) is 2.80. The Kier molecular flexibility index (Phi) is 3.36. The Morgan fingerprint density at radius 1 is 1.45 bits per heavy atom. The van der Waals surface area contributed by atoms with Gasteiger partial charge in [-0.25, -0.2) is 4.98 Å². The first kappa shape index (κ1) is 12.9. The van der Waals surface area contributed by atoms with Crippen LogP contribution in [0.25, 0.3) is 10.2 Å². The Bertz CT molecular complexity index is 623. The molecule has 20 heavy (non-hydrogen) atoms. The minimum absolute atomic E-state index is 0.642. The van der Waals surface area contributed by atoms with E-state index < -0.39 is 0 Å². The summed E-state index contributed by atoms with van der Waals surface area (Å²) in [5.74, 6) is 1.94. The van der Waals surface area contributed by atoms with E-state index in [4.69, 9.17) is 4.74 Å². The molecule has 1 aromatic carbocycles. The minimum Gasteiger partial charge on any atom is -0.492 e. The quantitative estimate of drug-likeness (QED) is 0.602. The highest BCUT2D eigenvalue weighted by atomic mass is 32.2. The van der Waals surface area contributed by atoms with E-state index in [1.54, 1.807) is 23.1 Å². The Labute approximate surface area is 127 Å².